The SMILES string of the molecule is CCCC(=O)NC=O. The van der Waals surface area contributed by atoms with Gasteiger partial charge in [-0.15, -0.1) is 0 Å². The number of nitrogens with one attached hydrogen (secondary N) is 1. The van der Waals surface area contributed by atoms with Gasteiger partial charge in [-0.2, -0.15) is 0 Å². The maximum absolute atomic E-state index is 10.3. The van der Waals surface area contributed by atoms with Crippen LogP contribution in [0.2, 0.25) is 0 Å². The minimum Gasteiger partial charge on any atom is -0.299 e. The standard InChI is InChI=1S/C5H9NO2/c1-2-3-5(8)6-4-7/h4H,2-3H2,1H3,(H,6,7,8). The van der Waals surface area contributed by atoms with E-state index >= 15 is 0 Å². The Balaban J connectivity index is 3.18. The Labute approximate surface area is 48.1 Å². The molecule has 0 saturated carbocycles. The highest BCUT2D eigenvalue weighted by atomic mass is 16.2. The molecule has 0 rings (SSSR count). The van der Waals surface area contributed by atoms with E-state index in [1.54, 1.807) is 0 Å². The zero-order valence-corrected chi connectivity index (χ0v) is 4.81. The fourth-order valence-electron chi connectivity index (χ4n) is 0.365. The van der Waals surface area contributed by atoms with Crippen molar-refractivity contribution in [2.45, 2.75) is 19.8 Å². The summed E-state index contributed by atoms with van der Waals surface area (Å²) >= 11 is 0. The van der Waals surface area contributed by atoms with Gasteiger partial charge in [0.1, 0.15) is 0 Å². The molecule has 0 aromatic heterocycles. The summed E-state index contributed by atoms with van der Waals surface area (Å²) in [6, 6.07) is 0. The summed E-state index contributed by atoms with van der Waals surface area (Å²) in [5.41, 5.74) is 0. The van der Waals surface area contributed by atoms with Crippen molar-refractivity contribution in [3.8, 4) is 0 Å². The normalized spacial score (nSPS) is 8.12. The molecule has 0 unspecified atom stereocenters. The average molecular weight is 115 g/mol. The van der Waals surface area contributed by atoms with Gasteiger partial charge in [0, 0.05) is 6.42 Å². The molecule has 0 spiro atoms. The van der Waals surface area contributed by atoms with Gasteiger partial charge in [-0.05, 0) is 6.42 Å². The summed E-state index contributed by atoms with van der Waals surface area (Å²) in [5, 5.41) is 2.03. The predicted molar refractivity (Wildman–Crippen MR) is 29.1 cm³/mol. The highest BCUT2D eigenvalue weighted by Crippen LogP contribution is 1.82. The monoisotopic (exact) mass is 115 g/mol. The van der Waals surface area contributed by atoms with E-state index in [1.165, 1.54) is 0 Å². The Morgan fingerprint density at radius 1 is 1.75 bits per heavy atom. The summed E-state index contributed by atoms with van der Waals surface area (Å²) in [5.74, 6) is -0.206. The van der Waals surface area contributed by atoms with Crippen LogP contribution in [0.1, 0.15) is 19.8 Å². The zero-order chi connectivity index (χ0) is 6.41. The molecule has 0 aromatic rings. The molecule has 8 heavy (non-hydrogen) atoms. The smallest absolute Gasteiger partial charge is 0.226 e. The van der Waals surface area contributed by atoms with Crippen molar-refractivity contribution in [3.05, 3.63) is 0 Å². The van der Waals surface area contributed by atoms with Gasteiger partial charge in [0.15, 0.2) is 0 Å². The molecule has 0 fully saturated rings. The Kier molecular flexibility index (Phi) is 3.84. The predicted octanol–water partition coefficient (Wildman–Crippen LogP) is 0.0591. The number of carbonyl (C=O) groups excluding carboxylic acids is 2. The molecule has 3 heteroatoms. The highest BCUT2D eigenvalue weighted by molar-refractivity contribution is 5.85. The van der Waals surface area contributed by atoms with Gasteiger partial charge in [-0.3, -0.25) is 14.9 Å². The zero-order valence-electron chi connectivity index (χ0n) is 4.81. The Hall–Kier alpha value is -0.860. The molecule has 0 aromatic carbocycles. The largest absolute Gasteiger partial charge is 0.299 e. The highest BCUT2D eigenvalue weighted by Gasteiger charge is 1.93. The molecular formula is C5H9NO2. The maximum atomic E-state index is 10.3. The lowest BCUT2D eigenvalue weighted by Crippen LogP contribution is -2.20. The van der Waals surface area contributed by atoms with E-state index in [-0.39, 0.29) is 5.91 Å². The van der Waals surface area contributed by atoms with Gasteiger partial charge < -0.3 is 0 Å². The van der Waals surface area contributed by atoms with Gasteiger partial charge >= 0.3 is 0 Å². The van der Waals surface area contributed by atoms with Crippen molar-refractivity contribution in [3.63, 3.8) is 0 Å². The number of carbonyl (C=O) groups is 2. The van der Waals surface area contributed by atoms with Crippen LogP contribution < -0.4 is 5.32 Å². The Morgan fingerprint density at radius 3 is 2.75 bits per heavy atom. The van der Waals surface area contributed by atoms with Gasteiger partial charge in [0.2, 0.25) is 12.3 Å². The van der Waals surface area contributed by atoms with E-state index in [9.17, 15) is 9.59 Å². The molecule has 1 N–H and O–H groups in total. The number of hydrogen-bond acceptors (Lipinski definition) is 2. The average Bonchev–Trinajstić information content (AvgIpc) is 1.68. The van der Waals surface area contributed by atoms with E-state index in [4.69, 9.17) is 0 Å². The third-order valence-corrected chi connectivity index (χ3v) is 0.697. The second kappa shape index (κ2) is 4.30. The third-order valence-electron chi connectivity index (χ3n) is 0.697. The van der Waals surface area contributed by atoms with Crippen LogP contribution in [0.15, 0.2) is 0 Å². The third kappa shape index (κ3) is 3.33. The second-order valence-electron chi connectivity index (χ2n) is 1.44. The second-order valence-corrected chi connectivity index (χ2v) is 1.44. The van der Waals surface area contributed by atoms with Crippen molar-refractivity contribution >= 4 is 12.3 Å². The van der Waals surface area contributed by atoms with Crippen LogP contribution in [0.25, 0.3) is 0 Å². The molecule has 3 nitrogen and oxygen atoms in total. The molecule has 0 bridgehead atoms. The van der Waals surface area contributed by atoms with Crippen LogP contribution in [0.5, 0.6) is 0 Å². The molecule has 0 saturated heterocycles. The molecule has 46 valence electrons. The number of imide groups is 1. The molecule has 0 aliphatic heterocycles. The fraction of sp³-hybridized carbons (Fsp3) is 0.600. The fourth-order valence-corrected chi connectivity index (χ4v) is 0.365. The molecular weight excluding hydrogens is 106 g/mol. The lowest BCUT2D eigenvalue weighted by molar-refractivity contribution is -0.125. The Bertz CT molecular complexity index is 90.4. The quantitative estimate of drug-likeness (QED) is 0.528. The van der Waals surface area contributed by atoms with Crippen molar-refractivity contribution < 1.29 is 9.59 Å². The first-order valence-electron chi connectivity index (χ1n) is 2.54. The lowest BCUT2D eigenvalue weighted by Gasteiger charge is -1.90. The van der Waals surface area contributed by atoms with Crippen LogP contribution in [-0.2, 0) is 9.59 Å². The number of hydrogen-bond donors (Lipinski definition) is 1. The van der Waals surface area contributed by atoms with Gasteiger partial charge in [-0.25, -0.2) is 0 Å². The molecule has 0 aliphatic carbocycles. The molecule has 0 heterocycles. The Morgan fingerprint density at radius 2 is 2.38 bits per heavy atom. The van der Waals surface area contributed by atoms with Gasteiger partial charge in [0.25, 0.3) is 0 Å². The van der Waals surface area contributed by atoms with Crippen LogP contribution in [0.4, 0.5) is 0 Å². The van der Waals surface area contributed by atoms with E-state index in [1.807, 2.05) is 12.2 Å². The first kappa shape index (κ1) is 7.14. The summed E-state index contributed by atoms with van der Waals surface area (Å²) < 4.78 is 0. The first-order valence-corrected chi connectivity index (χ1v) is 2.54. The molecule has 2 amide bonds. The van der Waals surface area contributed by atoms with E-state index in [0.29, 0.717) is 12.8 Å². The van der Waals surface area contributed by atoms with Crippen molar-refractivity contribution in [1.29, 1.82) is 0 Å². The van der Waals surface area contributed by atoms with Crippen molar-refractivity contribution in [1.82, 2.24) is 5.32 Å². The van der Waals surface area contributed by atoms with Crippen LogP contribution >= 0.6 is 0 Å². The lowest BCUT2D eigenvalue weighted by atomic mass is 10.3. The van der Waals surface area contributed by atoms with Crippen molar-refractivity contribution in [2.75, 3.05) is 0 Å². The van der Waals surface area contributed by atoms with Gasteiger partial charge in [0.05, 0.1) is 0 Å². The van der Waals surface area contributed by atoms with Crippen LogP contribution in [0.3, 0.4) is 0 Å². The number of rotatable bonds is 3. The summed E-state index contributed by atoms with van der Waals surface area (Å²) in [4.78, 5) is 19.9. The first-order chi connectivity index (χ1) is 3.81. The maximum Gasteiger partial charge on any atom is 0.226 e. The molecule has 0 atom stereocenters. The summed E-state index contributed by atoms with van der Waals surface area (Å²) in [6.45, 7) is 1.88. The summed E-state index contributed by atoms with van der Waals surface area (Å²) in [7, 11) is 0. The van der Waals surface area contributed by atoms with Gasteiger partial charge in [-0.1, -0.05) is 6.92 Å². The van der Waals surface area contributed by atoms with Crippen LogP contribution in [0, 0.1) is 0 Å². The van der Waals surface area contributed by atoms with E-state index in [0.717, 1.165) is 6.42 Å². The molecule has 0 radical (unpaired) electrons. The minimum absolute atomic E-state index is 0.206. The van der Waals surface area contributed by atoms with E-state index < -0.39 is 0 Å². The number of amides is 2. The minimum atomic E-state index is -0.206. The topological polar surface area (TPSA) is 46.2 Å². The summed E-state index contributed by atoms with van der Waals surface area (Å²) in [6.07, 6.45) is 1.61. The van der Waals surface area contributed by atoms with Crippen LogP contribution in [-0.4, -0.2) is 12.3 Å². The van der Waals surface area contributed by atoms with E-state index in [2.05, 4.69) is 0 Å². The molecule has 0 aliphatic rings. The van der Waals surface area contributed by atoms with Crippen molar-refractivity contribution in [2.24, 2.45) is 0 Å².